The van der Waals surface area contributed by atoms with Crippen molar-refractivity contribution in [3.8, 4) is 0 Å². The normalized spacial score (nSPS) is 11.9. The maximum Gasteiger partial charge on any atom is 0.279 e. The summed E-state index contributed by atoms with van der Waals surface area (Å²) in [5.74, 6) is 0. The maximum atomic E-state index is 11.8. The van der Waals surface area contributed by atoms with Gasteiger partial charge in [-0.1, -0.05) is 12.1 Å². The minimum absolute atomic E-state index is 0.255. The van der Waals surface area contributed by atoms with Crippen LogP contribution in [0, 0.1) is 0 Å². The third kappa shape index (κ3) is 4.61. The molecule has 0 aromatic heterocycles. The molecular weight excluding hydrogens is 254 g/mol. The van der Waals surface area contributed by atoms with Crippen LogP contribution in [-0.4, -0.2) is 40.0 Å². The van der Waals surface area contributed by atoms with Crippen LogP contribution in [-0.2, 0) is 21.5 Å². The molecule has 0 aliphatic carbocycles. The molecule has 1 rings (SSSR count). The van der Waals surface area contributed by atoms with E-state index >= 15 is 0 Å². The van der Waals surface area contributed by atoms with Crippen LogP contribution in [0.3, 0.4) is 0 Å². The minimum Gasteiger partial charge on any atom is -0.399 e. The topological polar surface area (TPSA) is 84.7 Å². The molecule has 0 heterocycles. The van der Waals surface area contributed by atoms with Crippen LogP contribution in [0.2, 0.25) is 0 Å². The monoisotopic (exact) mass is 273 g/mol. The molecule has 0 radical (unpaired) electrons. The summed E-state index contributed by atoms with van der Waals surface area (Å²) in [6, 6.07) is 7.09. The molecule has 6 nitrogen and oxygen atoms in total. The highest BCUT2D eigenvalue weighted by Crippen LogP contribution is 2.09. The number of anilines is 1. The predicted octanol–water partition coefficient (Wildman–Crippen LogP) is 0.181. The number of hydrogen-bond donors (Lipinski definition) is 2. The Bertz CT molecular complexity index is 459. The first-order chi connectivity index (χ1) is 8.45. The van der Waals surface area contributed by atoms with Gasteiger partial charge >= 0.3 is 0 Å². The average molecular weight is 273 g/mol. The second-order valence-electron chi connectivity index (χ2n) is 3.89. The van der Waals surface area contributed by atoms with E-state index in [9.17, 15) is 8.42 Å². The summed E-state index contributed by atoms with van der Waals surface area (Å²) in [4.78, 5) is 0. The zero-order valence-electron chi connectivity index (χ0n) is 10.6. The number of benzene rings is 1. The summed E-state index contributed by atoms with van der Waals surface area (Å²) >= 11 is 0. The molecule has 0 spiro atoms. The smallest absolute Gasteiger partial charge is 0.279 e. The zero-order valence-corrected chi connectivity index (χ0v) is 11.4. The van der Waals surface area contributed by atoms with Gasteiger partial charge in [0.25, 0.3) is 10.2 Å². The Labute approximate surface area is 108 Å². The van der Waals surface area contributed by atoms with Crippen molar-refractivity contribution in [1.29, 1.82) is 0 Å². The number of nitrogen functional groups attached to an aromatic ring is 1. The molecule has 0 bridgehead atoms. The largest absolute Gasteiger partial charge is 0.399 e. The van der Waals surface area contributed by atoms with Crippen molar-refractivity contribution in [2.75, 3.05) is 33.0 Å². The Hall–Kier alpha value is -1.15. The van der Waals surface area contributed by atoms with Crippen molar-refractivity contribution < 1.29 is 13.2 Å². The Balaban J connectivity index is 2.58. The Morgan fingerprint density at radius 3 is 2.50 bits per heavy atom. The molecule has 0 saturated heterocycles. The molecule has 0 aliphatic heterocycles. The van der Waals surface area contributed by atoms with Crippen LogP contribution in [0.5, 0.6) is 0 Å². The fraction of sp³-hybridized carbons (Fsp3) is 0.455. The standard InChI is InChI=1S/C11H19N3O3S/c1-14(18(15,16)13-7-8-17-2)9-10-3-5-11(12)6-4-10/h3-6,13H,7-9,12H2,1-2H3. The fourth-order valence-electron chi connectivity index (χ4n) is 1.35. The third-order valence-electron chi connectivity index (χ3n) is 2.39. The van der Waals surface area contributed by atoms with Gasteiger partial charge in [-0.05, 0) is 17.7 Å². The van der Waals surface area contributed by atoms with Crippen molar-refractivity contribution in [3.05, 3.63) is 29.8 Å². The number of methoxy groups -OCH3 is 1. The van der Waals surface area contributed by atoms with Gasteiger partial charge in [-0.15, -0.1) is 0 Å². The van der Waals surface area contributed by atoms with Crippen molar-refractivity contribution in [2.24, 2.45) is 0 Å². The lowest BCUT2D eigenvalue weighted by molar-refractivity contribution is 0.204. The number of nitrogens with zero attached hydrogens (tertiary/aromatic N) is 1. The van der Waals surface area contributed by atoms with Crippen LogP contribution in [0.1, 0.15) is 5.56 Å². The van der Waals surface area contributed by atoms with Gasteiger partial charge in [-0.3, -0.25) is 0 Å². The van der Waals surface area contributed by atoms with Crippen molar-refractivity contribution in [2.45, 2.75) is 6.54 Å². The van der Waals surface area contributed by atoms with Crippen molar-refractivity contribution in [3.63, 3.8) is 0 Å². The van der Waals surface area contributed by atoms with Crippen LogP contribution in [0.25, 0.3) is 0 Å². The Kier molecular flexibility index (Phi) is 5.54. The van der Waals surface area contributed by atoms with Crippen LogP contribution >= 0.6 is 0 Å². The highest BCUT2D eigenvalue weighted by molar-refractivity contribution is 7.87. The van der Waals surface area contributed by atoms with Gasteiger partial charge in [-0.25, -0.2) is 0 Å². The number of hydrogen-bond acceptors (Lipinski definition) is 4. The molecule has 0 amide bonds. The van der Waals surface area contributed by atoms with Gasteiger partial charge in [0, 0.05) is 32.9 Å². The highest BCUT2D eigenvalue weighted by atomic mass is 32.2. The van der Waals surface area contributed by atoms with E-state index in [0.717, 1.165) is 5.56 Å². The second kappa shape index (κ2) is 6.69. The van der Waals surface area contributed by atoms with E-state index in [-0.39, 0.29) is 6.54 Å². The van der Waals surface area contributed by atoms with Crippen LogP contribution < -0.4 is 10.5 Å². The van der Waals surface area contributed by atoms with E-state index in [1.165, 1.54) is 18.5 Å². The van der Waals surface area contributed by atoms with Gasteiger partial charge < -0.3 is 10.5 Å². The highest BCUT2D eigenvalue weighted by Gasteiger charge is 2.16. The van der Waals surface area contributed by atoms with Gasteiger partial charge in [0.05, 0.1) is 6.61 Å². The van der Waals surface area contributed by atoms with Gasteiger partial charge in [0.2, 0.25) is 0 Å². The predicted molar refractivity (Wildman–Crippen MR) is 71.1 cm³/mol. The molecule has 0 saturated carbocycles. The van der Waals surface area contributed by atoms with Crippen LogP contribution in [0.15, 0.2) is 24.3 Å². The van der Waals surface area contributed by atoms with E-state index < -0.39 is 10.2 Å². The summed E-state index contributed by atoms with van der Waals surface area (Å²) in [6.07, 6.45) is 0. The molecule has 1 aromatic carbocycles. The number of ether oxygens (including phenoxy) is 1. The summed E-state index contributed by atoms with van der Waals surface area (Å²) in [5, 5.41) is 0. The molecule has 102 valence electrons. The molecule has 0 unspecified atom stereocenters. The summed E-state index contributed by atoms with van der Waals surface area (Å²) < 4.78 is 32.1. The van der Waals surface area contributed by atoms with Crippen molar-refractivity contribution >= 4 is 15.9 Å². The van der Waals surface area contributed by atoms with E-state index in [4.69, 9.17) is 10.5 Å². The molecule has 3 N–H and O–H groups in total. The molecule has 0 aliphatic rings. The summed E-state index contributed by atoms with van der Waals surface area (Å²) in [5.41, 5.74) is 7.10. The second-order valence-corrected chi connectivity index (χ2v) is 5.75. The summed E-state index contributed by atoms with van der Waals surface area (Å²) in [6.45, 7) is 0.891. The van der Waals surface area contributed by atoms with Gasteiger partial charge in [0.1, 0.15) is 0 Å². The SMILES string of the molecule is COCCNS(=O)(=O)N(C)Cc1ccc(N)cc1. The van der Waals surface area contributed by atoms with E-state index in [0.29, 0.717) is 18.8 Å². The first kappa shape index (κ1) is 14.9. The molecule has 0 atom stereocenters. The molecule has 0 fully saturated rings. The lowest BCUT2D eigenvalue weighted by Gasteiger charge is -2.17. The Morgan fingerprint density at radius 1 is 1.33 bits per heavy atom. The van der Waals surface area contributed by atoms with Gasteiger partial charge in [0.15, 0.2) is 0 Å². The Morgan fingerprint density at radius 2 is 1.94 bits per heavy atom. The molecular formula is C11H19N3O3S. The van der Waals surface area contributed by atoms with Gasteiger partial charge in [-0.2, -0.15) is 17.4 Å². The van der Waals surface area contributed by atoms with Crippen LogP contribution in [0.4, 0.5) is 5.69 Å². The summed E-state index contributed by atoms with van der Waals surface area (Å²) in [7, 11) is -0.429. The first-order valence-electron chi connectivity index (χ1n) is 5.50. The molecule has 18 heavy (non-hydrogen) atoms. The average Bonchev–Trinajstić information content (AvgIpc) is 2.32. The zero-order chi connectivity index (χ0) is 13.6. The maximum absolute atomic E-state index is 11.8. The molecule has 7 heteroatoms. The molecule has 1 aromatic rings. The van der Waals surface area contributed by atoms with E-state index in [1.54, 1.807) is 24.3 Å². The lowest BCUT2D eigenvalue weighted by atomic mass is 10.2. The number of nitrogens with two attached hydrogens (primary N) is 1. The fourth-order valence-corrected chi connectivity index (χ4v) is 2.23. The van der Waals surface area contributed by atoms with Crippen molar-refractivity contribution in [1.82, 2.24) is 9.03 Å². The van der Waals surface area contributed by atoms with E-state index in [2.05, 4.69) is 4.72 Å². The first-order valence-corrected chi connectivity index (χ1v) is 6.94. The quantitative estimate of drug-likeness (QED) is 0.548. The number of rotatable bonds is 7. The third-order valence-corrected chi connectivity index (χ3v) is 3.90. The number of nitrogens with one attached hydrogen (secondary N) is 1. The minimum atomic E-state index is -3.47. The lowest BCUT2D eigenvalue weighted by Crippen LogP contribution is -2.39. The van der Waals surface area contributed by atoms with E-state index in [1.807, 2.05) is 0 Å².